The molecule has 0 fully saturated rings. The maximum atomic E-state index is 9.01. The molecule has 0 aliphatic carbocycles. The van der Waals surface area contributed by atoms with E-state index < -0.39 is 0 Å². The van der Waals surface area contributed by atoms with Crippen LogP contribution in [-0.2, 0) is 0 Å². The average Bonchev–Trinajstić information content (AvgIpc) is 1.69. The first-order chi connectivity index (χ1) is 3.72. The third kappa shape index (κ3) is 2.31. The molecule has 0 spiro atoms. The van der Waals surface area contributed by atoms with Crippen molar-refractivity contribution in [1.29, 1.82) is 0 Å². The van der Waals surface area contributed by atoms with Gasteiger partial charge < -0.3 is 5.11 Å². The number of hydrogen-bond donors (Lipinski definition) is 1. The van der Waals surface area contributed by atoms with Crippen molar-refractivity contribution in [1.82, 2.24) is 0 Å². The summed E-state index contributed by atoms with van der Waals surface area (Å²) in [6.07, 6.45) is 2.06. The van der Waals surface area contributed by atoms with Gasteiger partial charge in [-0.3, -0.25) is 0 Å². The minimum Gasteiger partial charge on any atom is -0.393 e. The van der Waals surface area contributed by atoms with E-state index in [9.17, 15) is 0 Å². The first-order valence-corrected chi connectivity index (χ1v) is 3.40. The Morgan fingerprint density at radius 3 is 1.62 bits per heavy atom. The second kappa shape index (κ2) is 3.90. The fourth-order valence-electron chi connectivity index (χ4n) is 0.971. The topological polar surface area (TPSA) is 20.2 Å². The lowest BCUT2D eigenvalue weighted by Gasteiger charge is -2.14. The maximum absolute atomic E-state index is 9.01. The molecule has 0 saturated carbocycles. The molecule has 0 aromatic heterocycles. The summed E-state index contributed by atoms with van der Waals surface area (Å²) in [6.45, 7) is 6.08. The van der Waals surface area contributed by atoms with E-state index in [4.69, 9.17) is 5.11 Å². The largest absolute Gasteiger partial charge is 0.393 e. The minimum atomic E-state index is -0.120. The summed E-state index contributed by atoms with van der Waals surface area (Å²) in [5.74, 6) is 0.509. The van der Waals surface area contributed by atoms with Crippen molar-refractivity contribution >= 4 is 0 Å². The highest BCUT2D eigenvalue weighted by Crippen LogP contribution is 2.11. The van der Waals surface area contributed by atoms with Crippen LogP contribution >= 0.6 is 0 Å². The van der Waals surface area contributed by atoms with E-state index in [1.165, 1.54) is 0 Å². The van der Waals surface area contributed by atoms with Gasteiger partial charge in [-0.25, -0.2) is 0 Å². The summed E-state index contributed by atoms with van der Waals surface area (Å²) in [5, 5.41) is 9.01. The molecule has 50 valence electrons. The van der Waals surface area contributed by atoms with Gasteiger partial charge >= 0.3 is 0 Å². The smallest absolute Gasteiger partial charge is 0.0540 e. The van der Waals surface area contributed by atoms with Crippen molar-refractivity contribution in [2.24, 2.45) is 5.92 Å². The predicted octanol–water partition coefficient (Wildman–Crippen LogP) is 1.80. The minimum absolute atomic E-state index is 0.120. The molecule has 0 radical (unpaired) electrons. The fraction of sp³-hybridized carbons (Fsp3) is 1.00. The molecule has 1 atom stereocenters. The summed E-state index contributed by atoms with van der Waals surface area (Å²) in [6, 6.07) is 0. The van der Waals surface area contributed by atoms with E-state index in [-0.39, 0.29) is 6.10 Å². The molecule has 0 aromatic carbocycles. The lowest BCUT2D eigenvalue weighted by Crippen LogP contribution is -2.14. The van der Waals surface area contributed by atoms with Gasteiger partial charge in [0, 0.05) is 0 Å². The van der Waals surface area contributed by atoms with Gasteiger partial charge in [0.05, 0.1) is 6.10 Å². The van der Waals surface area contributed by atoms with Gasteiger partial charge in [0.1, 0.15) is 0 Å². The van der Waals surface area contributed by atoms with Crippen LogP contribution in [0.3, 0.4) is 0 Å². The van der Waals surface area contributed by atoms with E-state index in [0.717, 1.165) is 12.8 Å². The number of rotatable bonds is 3. The quantitative estimate of drug-likeness (QED) is 0.596. The Hall–Kier alpha value is -0.0400. The molecule has 1 nitrogen and oxygen atoms in total. The SMILES string of the molecule is CCC(CC)[C@H](C)O. The summed E-state index contributed by atoms with van der Waals surface area (Å²) in [5.41, 5.74) is 0. The van der Waals surface area contributed by atoms with Crippen molar-refractivity contribution in [2.45, 2.75) is 39.7 Å². The van der Waals surface area contributed by atoms with Crippen LogP contribution in [0.4, 0.5) is 0 Å². The van der Waals surface area contributed by atoms with Gasteiger partial charge in [0.25, 0.3) is 0 Å². The van der Waals surface area contributed by atoms with Gasteiger partial charge in [0.15, 0.2) is 0 Å². The molecule has 1 heteroatoms. The Bertz CT molecular complexity index is 46.3. The zero-order chi connectivity index (χ0) is 6.57. The molecule has 0 rings (SSSR count). The molecular formula is C7H16O. The Labute approximate surface area is 51.7 Å². The van der Waals surface area contributed by atoms with Crippen molar-refractivity contribution < 1.29 is 5.11 Å². The van der Waals surface area contributed by atoms with Crippen LogP contribution in [0.5, 0.6) is 0 Å². The van der Waals surface area contributed by atoms with Crippen LogP contribution in [0.1, 0.15) is 33.6 Å². The van der Waals surface area contributed by atoms with Crippen molar-refractivity contribution in [2.75, 3.05) is 0 Å². The normalized spacial score (nSPS) is 14.6. The lowest BCUT2D eigenvalue weighted by molar-refractivity contribution is 0.120. The maximum Gasteiger partial charge on any atom is 0.0540 e. The van der Waals surface area contributed by atoms with Gasteiger partial charge in [-0.1, -0.05) is 26.7 Å². The third-order valence-corrected chi connectivity index (χ3v) is 1.73. The highest BCUT2D eigenvalue weighted by molar-refractivity contribution is 4.59. The molecule has 8 heavy (non-hydrogen) atoms. The van der Waals surface area contributed by atoms with Gasteiger partial charge in [-0.05, 0) is 12.8 Å². The second-order valence-electron chi connectivity index (χ2n) is 2.32. The molecule has 0 amide bonds. The number of aliphatic hydroxyl groups is 1. The Morgan fingerprint density at radius 1 is 1.25 bits per heavy atom. The molecule has 1 N–H and O–H groups in total. The van der Waals surface area contributed by atoms with Crippen molar-refractivity contribution in [3.8, 4) is 0 Å². The average molecular weight is 116 g/mol. The highest BCUT2D eigenvalue weighted by Gasteiger charge is 2.08. The lowest BCUT2D eigenvalue weighted by atomic mass is 9.98. The fourth-order valence-corrected chi connectivity index (χ4v) is 0.971. The predicted molar refractivity (Wildman–Crippen MR) is 35.8 cm³/mol. The van der Waals surface area contributed by atoms with E-state index in [1.54, 1.807) is 0 Å². The molecule has 0 unspecified atom stereocenters. The standard InChI is InChI=1S/C7H16O/c1-4-7(5-2)6(3)8/h6-8H,4-5H2,1-3H3/t6-/m0/s1. The molecule has 0 saturated heterocycles. The molecule has 0 aliphatic rings. The van der Waals surface area contributed by atoms with E-state index >= 15 is 0 Å². The highest BCUT2D eigenvalue weighted by atomic mass is 16.3. The van der Waals surface area contributed by atoms with Crippen LogP contribution in [0.2, 0.25) is 0 Å². The van der Waals surface area contributed by atoms with E-state index in [0.29, 0.717) is 5.92 Å². The summed E-state index contributed by atoms with van der Waals surface area (Å²) >= 11 is 0. The van der Waals surface area contributed by atoms with Crippen molar-refractivity contribution in [3.05, 3.63) is 0 Å². The molecule has 0 heterocycles. The van der Waals surface area contributed by atoms with E-state index in [2.05, 4.69) is 13.8 Å². The van der Waals surface area contributed by atoms with Crippen molar-refractivity contribution in [3.63, 3.8) is 0 Å². The van der Waals surface area contributed by atoms with Crippen LogP contribution < -0.4 is 0 Å². The van der Waals surface area contributed by atoms with Crippen LogP contribution in [-0.4, -0.2) is 11.2 Å². The Balaban J connectivity index is 3.35. The van der Waals surface area contributed by atoms with Gasteiger partial charge in [-0.15, -0.1) is 0 Å². The number of aliphatic hydroxyl groups excluding tert-OH is 1. The number of hydrogen-bond acceptors (Lipinski definition) is 1. The van der Waals surface area contributed by atoms with E-state index in [1.807, 2.05) is 6.92 Å². The third-order valence-electron chi connectivity index (χ3n) is 1.73. The van der Waals surface area contributed by atoms with Crippen LogP contribution in [0.25, 0.3) is 0 Å². The van der Waals surface area contributed by atoms with Crippen LogP contribution in [0.15, 0.2) is 0 Å². The molecule has 0 aromatic rings. The van der Waals surface area contributed by atoms with Crippen LogP contribution in [0, 0.1) is 5.92 Å². The summed E-state index contributed by atoms with van der Waals surface area (Å²) in [7, 11) is 0. The monoisotopic (exact) mass is 116 g/mol. The molecule has 0 bridgehead atoms. The zero-order valence-electron chi connectivity index (χ0n) is 6.02. The van der Waals surface area contributed by atoms with Gasteiger partial charge in [-0.2, -0.15) is 0 Å². The summed E-state index contributed by atoms with van der Waals surface area (Å²) < 4.78 is 0. The molecule has 0 aliphatic heterocycles. The first kappa shape index (κ1) is 7.96. The summed E-state index contributed by atoms with van der Waals surface area (Å²) in [4.78, 5) is 0. The first-order valence-electron chi connectivity index (χ1n) is 3.40. The molecular weight excluding hydrogens is 100 g/mol. The second-order valence-corrected chi connectivity index (χ2v) is 2.32. The van der Waals surface area contributed by atoms with Gasteiger partial charge in [0.2, 0.25) is 0 Å². The Morgan fingerprint density at radius 2 is 1.62 bits per heavy atom. The zero-order valence-corrected chi connectivity index (χ0v) is 6.02. The Kier molecular flexibility index (Phi) is 3.88.